The predicted octanol–water partition coefficient (Wildman–Crippen LogP) is 3.82. The number of hydrogen-bond donors (Lipinski definition) is 2. The minimum absolute atomic E-state index is 0.375. The van der Waals surface area contributed by atoms with Gasteiger partial charge in [0.05, 0.1) is 5.69 Å². The highest BCUT2D eigenvalue weighted by molar-refractivity contribution is 7.17. The maximum atomic E-state index is 12.6. The molecule has 2 N–H and O–H groups in total. The first kappa shape index (κ1) is 20.5. The van der Waals surface area contributed by atoms with Crippen LogP contribution < -0.4 is 15.8 Å². The molecule has 29 heavy (non-hydrogen) atoms. The van der Waals surface area contributed by atoms with Crippen molar-refractivity contribution in [3.8, 4) is 10.6 Å². The molecule has 3 rings (SSSR count). The molecule has 0 spiro atoms. The van der Waals surface area contributed by atoms with Crippen molar-refractivity contribution in [1.29, 1.82) is 0 Å². The van der Waals surface area contributed by atoms with Gasteiger partial charge < -0.3 is 4.90 Å². The Bertz CT molecular complexity index is 1030. The standard InChI is InChI=1S/C22H24N4O2S/c1-5-15-9-11-16(12-10-15)22-23-14(2)19(29-22)21(28)25-24-20(27)17-7-6-8-18(13-17)26(3)4/h6-13H,5H2,1-4H3,(H,24,27)(H,25,28). The van der Waals surface area contributed by atoms with Crippen molar-refractivity contribution in [3.63, 3.8) is 0 Å². The fraction of sp³-hybridized carbons (Fsp3) is 0.227. The molecule has 1 aromatic heterocycles. The van der Waals surface area contributed by atoms with Crippen molar-refractivity contribution in [2.45, 2.75) is 20.3 Å². The highest BCUT2D eigenvalue weighted by Gasteiger charge is 2.17. The number of thiazole rings is 1. The Morgan fingerprint density at radius 3 is 2.38 bits per heavy atom. The van der Waals surface area contributed by atoms with Crippen molar-refractivity contribution in [2.24, 2.45) is 0 Å². The van der Waals surface area contributed by atoms with E-state index >= 15 is 0 Å². The minimum atomic E-state index is -0.381. The molecule has 0 atom stereocenters. The summed E-state index contributed by atoms with van der Waals surface area (Å²) in [4.78, 5) is 31.8. The Kier molecular flexibility index (Phi) is 6.29. The molecule has 0 bridgehead atoms. The first-order valence-corrected chi connectivity index (χ1v) is 10.2. The van der Waals surface area contributed by atoms with Crippen molar-refractivity contribution in [2.75, 3.05) is 19.0 Å². The second kappa shape index (κ2) is 8.87. The highest BCUT2D eigenvalue weighted by Crippen LogP contribution is 2.28. The molecule has 0 aliphatic rings. The van der Waals surface area contributed by atoms with E-state index in [4.69, 9.17) is 0 Å². The summed E-state index contributed by atoms with van der Waals surface area (Å²) < 4.78 is 0. The van der Waals surface area contributed by atoms with E-state index in [-0.39, 0.29) is 11.8 Å². The van der Waals surface area contributed by atoms with Gasteiger partial charge in [0, 0.05) is 30.9 Å². The van der Waals surface area contributed by atoms with Gasteiger partial charge in [-0.3, -0.25) is 20.4 Å². The molecular weight excluding hydrogens is 384 g/mol. The lowest BCUT2D eigenvalue weighted by Crippen LogP contribution is -2.41. The van der Waals surface area contributed by atoms with Gasteiger partial charge in [-0.2, -0.15) is 0 Å². The number of aromatic nitrogens is 1. The van der Waals surface area contributed by atoms with Gasteiger partial charge >= 0.3 is 0 Å². The van der Waals surface area contributed by atoms with Crippen LogP contribution in [0.4, 0.5) is 5.69 Å². The quantitative estimate of drug-likeness (QED) is 0.630. The smallest absolute Gasteiger partial charge is 0.281 e. The van der Waals surface area contributed by atoms with Gasteiger partial charge in [-0.25, -0.2) is 4.98 Å². The number of nitrogens with zero attached hydrogens (tertiary/aromatic N) is 2. The second-order valence-corrected chi connectivity index (χ2v) is 7.84. The van der Waals surface area contributed by atoms with E-state index in [0.29, 0.717) is 16.1 Å². The summed E-state index contributed by atoms with van der Waals surface area (Å²) in [6, 6.07) is 15.3. The minimum Gasteiger partial charge on any atom is -0.378 e. The first-order valence-electron chi connectivity index (χ1n) is 9.34. The average Bonchev–Trinajstić information content (AvgIpc) is 3.13. The molecule has 2 amide bonds. The maximum Gasteiger partial charge on any atom is 0.281 e. The molecule has 1 heterocycles. The number of nitrogens with one attached hydrogen (secondary N) is 2. The van der Waals surface area contributed by atoms with Gasteiger partial charge in [-0.1, -0.05) is 37.3 Å². The topological polar surface area (TPSA) is 74.3 Å². The Balaban J connectivity index is 1.68. The molecular formula is C22H24N4O2S. The Morgan fingerprint density at radius 1 is 1.03 bits per heavy atom. The van der Waals surface area contributed by atoms with Gasteiger partial charge in [0.15, 0.2) is 0 Å². The van der Waals surface area contributed by atoms with E-state index in [2.05, 4.69) is 34.9 Å². The molecule has 0 fully saturated rings. The second-order valence-electron chi connectivity index (χ2n) is 6.84. The third-order valence-electron chi connectivity index (χ3n) is 4.53. The van der Waals surface area contributed by atoms with E-state index in [1.54, 1.807) is 25.1 Å². The lowest BCUT2D eigenvalue weighted by atomic mass is 10.1. The van der Waals surface area contributed by atoms with Crippen LogP contribution in [0.25, 0.3) is 10.6 Å². The number of carbonyl (C=O) groups excluding carboxylic acids is 2. The predicted molar refractivity (Wildman–Crippen MR) is 117 cm³/mol. The average molecular weight is 409 g/mol. The van der Waals surface area contributed by atoms with Crippen LogP contribution in [0.1, 0.15) is 38.2 Å². The van der Waals surface area contributed by atoms with Crippen LogP contribution in [0.3, 0.4) is 0 Å². The third kappa shape index (κ3) is 4.81. The van der Waals surface area contributed by atoms with Gasteiger partial charge in [0.25, 0.3) is 11.8 Å². The van der Waals surface area contributed by atoms with E-state index in [0.717, 1.165) is 22.7 Å². The number of hydrazine groups is 1. The van der Waals surface area contributed by atoms with Gasteiger partial charge in [0.2, 0.25) is 0 Å². The molecule has 6 nitrogen and oxygen atoms in total. The van der Waals surface area contributed by atoms with Gasteiger partial charge in [0.1, 0.15) is 9.88 Å². The summed E-state index contributed by atoms with van der Waals surface area (Å²) in [7, 11) is 3.80. The summed E-state index contributed by atoms with van der Waals surface area (Å²) in [5, 5.41) is 0.778. The van der Waals surface area contributed by atoms with Crippen molar-refractivity contribution in [3.05, 3.63) is 70.2 Å². The van der Waals surface area contributed by atoms with Crippen molar-refractivity contribution < 1.29 is 9.59 Å². The third-order valence-corrected chi connectivity index (χ3v) is 5.73. The largest absolute Gasteiger partial charge is 0.378 e. The van der Waals surface area contributed by atoms with E-state index in [9.17, 15) is 9.59 Å². The summed E-state index contributed by atoms with van der Waals surface area (Å²) in [5.74, 6) is -0.756. The Morgan fingerprint density at radius 2 is 1.72 bits per heavy atom. The lowest BCUT2D eigenvalue weighted by Gasteiger charge is -2.13. The lowest BCUT2D eigenvalue weighted by molar-refractivity contribution is 0.0848. The van der Waals surface area contributed by atoms with E-state index in [1.807, 2.05) is 37.2 Å². The molecule has 0 saturated carbocycles. The normalized spacial score (nSPS) is 10.5. The zero-order chi connectivity index (χ0) is 21.0. The maximum absolute atomic E-state index is 12.6. The summed E-state index contributed by atoms with van der Waals surface area (Å²) >= 11 is 1.31. The van der Waals surface area contributed by atoms with Crippen LogP contribution in [0.2, 0.25) is 0 Å². The van der Waals surface area contributed by atoms with Crippen LogP contribution in [0.5, 0.6) is 0 Å². The van der Waals surface area contributed by atoms with Crippen molar-refractivity contribution in [1.82, 2.24) is 15.8 Å². The van der Waals surface area contributed by atoms with Gasteiger partial charge in [-0.05, 0) is 37.1 Å². The van der Waals surface area contributed by atoms with Crippen LogP contribution in [-0.4, -0.2) is 30.9 Å². The number of anilines is 1. The number of hydrogen-bond acceptors (Lipinski definition) is 5. The summed E-state index contributed by atoms with van der Waals surface area (Å²) in [6.07, 6.45) is 0.974. The van der Waals surface area contributed by atoms with E-state index < -0.39 is 0 Å². The van der Waals surface area contributed by atoms with Crippen LogP contribution >= 0.6 is 11.3 Å². The van der Waals surface area contributed by atoms with Crippen molar-refractivity contribution >= 4 is 28.8 Å². The molecule has 7 heteroatoms. The number of aryl methyl sites for hydroxylation is 2. The number of amides is 2. The molecule has 2 aromatic carbocycles. The summed E-state index contributed by atoms with van der Waals surface area (Å²) in [5.41, 5.74) is 9.19. The monoisotopic (exact) mass is 408 g/mol. The molecule has 0 aliphatic carbocycles. The highest BCUT2D eigenvalue weighted by atomic mass is 32.1. The molecule has 0 aliphatic heterocycles. The summed E-state index contributed by atoms with van der Waals surface area (Å²) in [6.45, 7) is 3.90. The Hall–Kier alpha value is -3.19. The SMILES string of the molecule is CCc1ccc(-c2nc(C)c(C(=O)NNC(=O)c3cccc(N(C)C)c3)s2)cc1. The molecule has 3 aromatic rings. The Labute approximate surface area is 174 Å². The van der Waals surface area contributed by atoms with Gasteiger partial charge in [-0.15, -0.1) is 11.3 Å². The fourth-order valence-corrected chi connectivity index (χ4v) is 3.75. The number of benzene rings is 2. The van der Waals surface area contributed by atoms with Crippen LogP contribution in [0, 0.1) is 6.92 Å². The first-order chi connectivity index (χ1) is 13.9. The molecule has 150 valence electrons. The zero-order valence-corrected chi connectivity index (χ0v) is 17.8. The fourth-order valence-electron chi connectivity index (χ4n) is 2.78. The number of rotatable bonds is 5. The molecule has 0 radical (unpaired) electrons. The van der Waals surface area contributed by atoms with Crippen LogP contribution in [-0.2, 0) is 6.42 Å². The number of carbonyl (C=O) groups is 2. The molecule has 0 saturated heterocycles. The zero-order valence-electron chi connectivity index (χ0n) is 16.9. The molecule has 0 unspecified atom stereocenters. The van der Waals surface area contributed by atoms with Crippen LogP contribution in [0.15, 0.2) is 48.5 Å². The van der Waals surface area contributed by atoms with E-state index in [1.165, 1.54) is 16.9 Å².